The van der Waals surface area contributed by atoms with E-state index in [0.29, 0.717) is 18.9 Å². The highest BCUT2D eigenvalue weighted by Gasteiger charge is 2.28. The van der Waals surface area contributed by atoms with Crippen molar-refractivity contribution in [1.82, 2.24) is 20.0 Å². The molecule has 8 heteroatoms. The Bertz CT molecular complexity index is 721. The first kappa shape index (κ1) is 19.1. The highest BCUT2D eigenvalue weighted by atomic mass is 35.5. The quantitative estimate of drug-likeness (QED) is 0.866. The Hall–Kier alpha value is -2.25. The lowest BCUT2D eigenvalue weighted by Gasteiger charge is -2.31. The van der Waals surface area contributed by atoms with Crippen LogP contribution in [0.4, 0.5) is 0 Å². The zero-order valence-corrected chi connectivity index (χ0v) is 15.3. The molecule has 136 valence electrons. The molecule has 0 saturated heterocycles. The number of nitrogens with one attached hydrogen (secondary N) is 1. The average Bonchev–Trinajstić information content (AvgIpc) is 3.01. The number of nitrogens with zero attached hydrogens (tertiary/aromatic N) is 3. The Labute approximate surface area is 153 Å². The molecule has 1 amide bonds. The molecule has 0 fully saturated rings. The van der Waals surface area contributed by atoms with Crippen LogP contribution in [0.1, 0.15) is 11.6 Å². The molecule has 25 heavy (non-hydrogen) atoms. The van der Waals surface area contributed by atoms with E-state index < -0.39 is 6.04 Å². The molecule has 0 spiro atoms. The van der Waals surface area contributed by atoms with Gasteiger partial charge in [0.2, 0.25) is 5.91 Å². The lowest BCUT2D eigenvalue weighted by Crippen LogP contribution is -2.45. The summed E-state index contributed by atoms with van der Waals surface area (Å²) in [7, 11) is 5.36. The van der Waals surface area contributed by atoms with Gasteiger partial charge in [-0.1, -0.05) is 12.1 Å². The van der Waals surface area contributed by atoms with E-state index >= 15 is 0 Å². The standard InChI is InChI=1S/C17H22N4O3.ClH/c1-18-16(12-8-19-21(3)9-12)17(22)20(2)10-13-11-23-14-6-4-5-7-15(14)24-13;/h4-9,13,16,18H,10-11H2,1-3H3;1H. The predicted octanol–water partition coefficient (Wildman–Crippen LogP) is 1.40. The van der Waals surface area contributed by atoms with Gasteiger partial charge >= 0.3 is 0 Å². The number of halogens is 1. The van der Waals surface area contributed by atoms with Crippen molar-refractivity contribution < 1.29 is 14.3 Å². The molecule has 3 rings (SSSR count). The van der Waals surface area contributed by atoms with E-state index in [9.17, 15) is 4.79 Å². The third-order valence-electron chi connectivity index (χ3n) is 4.02. The fourth-order valence-corrected chi connectivity index (χ4v) is 2.79. The minimum atomic E-state index is -0.430. The Morgan fingerprint density at radius 3 is 2.80 bits per heavy atom. The molecule has 0 aliphatic carbocycles. The molecular weight excluding hydrogens is 344 g/mol. The smallest absolute Gasteiger partial charge is 0.244 e. The molecule has 0 bridgehead atoms. The monoisotopic (exact) mass is 366 g/mol. The fourth-order valence-electron chi connectivity index (χ4n) is 2.79. The van der Waals surface area contributed by atoms with E-state index in [-0.39, 0.29) is 24.4 Å². The van der Waals surface area contributed by atoms with Crippen molar-refractivity contribution >= 4 is 18.3 Å². The van der Waals surface area contributed by atoms with Crippen LogP contribution in [-0.4, -0.2) is 53.9 Å². The van der Waals surface area contributed by atoms with E-state index in [4.69, 9.17) is 9.47 Å². The number of amides is 1. The van der Waals surface area contributed by atoms with Gasteiger partial charge in [-0.2, -0.15) is 5.10 Å². The summed E-state index contributed by atoms with van der Waals surface area (Å²) >= 11 is 0. The fraction of sp³-hybridized carbons (Fsp3) is 0.412. The van der Waals surface area contributed by atoms with Crippen molar-refractivity contribution in [2.24, 2.45) is 7.05 Å². The molecule has 1 aromatic heterocycles. The maximum Gasteiger partial charge on any atom is 0.244 e. The first-order valence-electron chi connectivity index (χ1n) is 7.87. The summed E-state index contributed by atoms with van der Waals surface area (Å²) in [5, 5.41) is 7.18. The van der Waals surface area contributed by atoms with Crippen LogP contribution < -0.4 is 14.8 Å². The number of aryl methyl sites for hydroxylation is 1. The number of hydrogen-bond donors (Lipinski definition) is 1. The lowest BCUT2D eigenvalue weighted by molar-refractivity contribution is -0.133. The zero-order valence-electron chi connectivity index (χ0n) is 14.5. The first-order valence-corrected chi connectivity index (χ1v) is 7.87. The molecule has 0 saturated carbocycles. The van der Waals surface area contributed by atoms with Gasteiger partial charge in [-0.25, -0.2) is 0 Å². The Balaban J connectivity index is 0.00000225. The van der Waals surface area contributed by atoms with E-state index in [2.05, 4.69) is 10.4 Å². The van der Waals surface area contributed by atoms with Gasteiger partial charge in [0.15, 0.2) is 17.6 Å². The summed E-state index contributed by atoms with van der Waals surface area (Å²) in [6, 6.07) is 7.12. The maximum atomic E-state index is 12.7. The topological polar surface area (TPSA) is 68.6 Å². The number of likely N-dealkylation sites (N-methyl/N-ethyl adjacent to an activating group) is 2. The molecule has 2 heterocycles. The van der Waals surface area contributed by atoms with Crippen LogP contribution in [0.3, 0.4) is 0 Å². The van der Waals surface area contributed by atoms with Gasteiger partial charge in [0, 0.05) is 25.9 Å². The van der Waals surface area contributed by atoms with Crippen LogP contribution in [0.2, 0.25) is 0 Å². The summed E-state index contributed by atoms with van der Waals surface area (Å²) in [5.74, 6) is 1.42. The molecule has 2 aromatic rings. The van der Waals surface area contributed by atoms with Crippen molar-refractivity contribution in [3.63, 3.8) is 0 Å². The van der Waals surface area contributed by atoms with Crippen LogP contribution in [0, 0.1) is 0 Å². The van der Waals surface area contributed by atoms with Gasteiger partial charge in [-0.05, 0) is 19.2 Å². The second-order valence-corrected chi connectivity index (χ2v) is 5.89. The summed E-state index contributed by atoms with van der Waals surface area (Å²) in [6.45, 7) is 0.872. The Morgan fingerprint density at radius 1 is 1.44 bits per heavy atom. The van der Waals surface area contributed by atoms with Crippen LogP contribution in [0.15, 0.2) is 36.7 Å². The van der Waals surface area contributed by atoms with Gasteiger partial charge in [0.25, 0.3) is 0 Å². The number of aromatic nitrogens is 2. The zero-order chi connectivity index (χ0) is 17.1. The van der Waals surface area contributed by atoms with Crippen molar-refractivity contribution in [3.05, 3.63) is 42.2 Å². The number of carbonyl (C=O) groups excluding carboxylic acids is 1. The molecule has 2 atom stereocenters. The van der Waals surface area contributed by atoms with Gasteiger partial charge in [0.05, 0.1) is 12.7 Å². The minimum Gasteiger partial charge on any atom is -0.486 e. The number of rotatable bonds is 5. The Morgan fingerprint density at radius 2 is 2.16 bits per heavy atom. The molecule has 0 radical (unpaired) electrons. The molecule has 1 aliphatic rings. The molecule has 1 aliphatic heterocycles. The summed E-state index contributed by atoms with van der Waals surface area (Å²) in [4.78, 5) is 14.4. The van der Waals surface area contributed by atoms with Crippen LogP contribution >= 0.6 is 12.4 Å². The van der Waals surface area contributed by atoms with Gasteiger partial charge in [-0.15, -0.1) is 12.4 Å². The molecule has 7 nitrogen and oxygen atoms in total. The van der Waals surface area contributed by atoms with Gasteiger partial charge < -0.3 is 19.7 Å². The number of ether oxygens (including phenoxy) is 2. The number of hydrogen-bond acceptors (Lipinski definition) is 5. The third-order valence-corrected chi connectivity index (χ3v) is 4.02. The van der Waals surface area contributed by atoms with E-state index in [1.165, 1.54) is 0 Å². The van der Waals surface area contributed by atoms with E-state index in [1.807, 2.05) is 37.5 Å². The number of benzene rings is 1. The predicted molar refractivity (Wildman–Crippen MR) is 96.2 cm³/mol. The maximum absolute atomic E-state index is 12.7. The van der Waals surface area contributed by atoms with E-state index in [1.54, 1.807) is 29.9 Å². The molecule has 1 N–H and O–H groups in total. The number of fused-ring (bicyclic) bond motifs is 1. The first-order chi connectivity index (χ1) is 11.6. The van der Waals surface area contributed by atoms with E-state index in [0.717, 1.165) is 11.3 Å². The average molecular weight is 367 g/mol. The normalized spacial score (nSPS) is 16.7. The summed E-state index contributed by atoms with van der Waals surface area (Å²) in [5.41, 5.74) is 0.836. The second kappa shape index (κ2) is 8.22. The third kappa shape index (κ3) is 4.24. The molecular formula is C17H23ClN4O3. The molecule has 2 unspecified atom stereocenters. The van der Waals surface area contributed by atoms with Crippen LogP contribution in [0.5, 0.6) is 11.5 Å². The van der Waals surface area contributed by atoms with Crippen molar-refractivity contribution in [2.75, 3.05) is 27.2 Å². The second-order valence-electron chi connectivity index (χ2n) is 5.89. The SMILES string of the molecule is CNC(C(=O)N(C)CC1COc2ccccc2O1)c1cnn(C)c1.Cl. The van der Waals surface area contributed by atoms with Crippen molar-refractivity contribution in [1.29, 1.82) is 0 Å². The van der Waals surface area contributed by atoms with Crippen LogP contribution in [0.25, 0.3) is 0 Å². The van der Waals surface area contributed by atoms with Crippen molar-refractivity contribution in [3.8, 4) is 11.5 Å². The lowest BCUT2D eigenvalue weighted by atomic mass is 10.1. The number of carbonyl (C=O) groups is 1. The largest absolute Gasteiger partial charge is 0.486 e. The Kier molecular flexibility index (Phi) is 6.27. The summed E-state index contributed by atoms with van der Waals surface area (Å²) in [6.07, 6.45) is 3.34. The molecule has 1 aromatic carbocycles. The summed E-state index contributed by atoms with van der Waals surface area (Å²) < 4.78 is 13.3. The minimum absolute atomic E-state index is 0. The number of para-hydroxylation sites is 2. The van der Waals surface area contributed by atoms with Crippen LogP contribution in [-0.2, 0) is 11.8 Å². The van der Waals surface area contributed by atoms with Gasteiger partial charge in [0.1, 0.15) is 12.6 Å². The van der Waals surface area contributed by atoms with Crippen molar-refractivity contribution in [2.45, 2.75) is 12.1 Å². The highest BCUT2D eigenvalue weighted by molar-refractivity contribution is 5.85. The highest BCUT2D eigenvalue weighted by Crippen LogP contribution is 2.31. The van der Waals surface area contributed by atoms with Gasteiger partial charge in [-0.3, -0.25) is 9.48 Å².